The molecule has 2 aromatic rings. The van der Waals surface area contributed by atoms with Crippen LogP contribution >= 0.6 is 11.6 Å². The van der Waals surface area contributed by atoms with E-state index in [2.05, 4.69) is 10.9 Å². The highest BCUT2D eigenvalue weighted by molar-refractivity contribution is 7.89. The molecule has 1 aliphatic heterocycles. The Morgan fingerprint density at radius 2 is 1.61 bits per heavy atom. The average molecular weight is 468 g/mol. The van der Waals surface area contributed by atoms with E-state index in [4.69, 9.17) is 21.1 Å². The maximum Gasteiger partial charge on any atom is 0.271 e. The van der Waals surface area contributed by atoms with Crippen molar-refractivity contribution in [3.8, 4) is 11.5 Å². The summed E-state index contributed by atoms with van der Waals surface area (Å²) in [7, 11) is -3.78. The van der Waals surface area contributed by atoms with Gasteiger partial charge < -0.3 is 9.47 Å². The summed E-state index contributed by atoms with van der Waals surface area (Å²) in [5, 5.41) is 0.0459. The molecule has 2 amide bonds. The van der Waals surface area contributed by atoms with Crippen molar-refractivity contribution in [2.24, 2.45) is 0 Å². The second-order valence-electron chi connectivity index (χ2n) is 6.50. The molecule has 0 spiro atoms. The Labute approximate surface area is 185 Å². The van der Waals surface area contributed by atoms with Crippen molar-refractivity contribution in [2.45, 2.75) is 18.7 Å². The van der Waals surface area contributed by atoms with Crippen molar-refractivity contribution in [2.75, 3.05) is 26.3 Å². The zero-order chi connectivity index (χ0) is 22.6. The topological polar surface area (TPSA) is 114 Å². The van der Waals surface area contributed by atoms with Crippen LogP contribution in [0, 0.1) is 0 Å². The van der Waals surface area contributed by atoms with Crippen LogP contribution in [0.4, 0.5) is 0 Å². The number of amides is 2. The molecular weight excluding hydrogens is 446 g/mol. The smallest absolute Gasteiger partial charge is 0.271 e. The third-order valence-corrected chi connectivity index (χ3v) is 7.00. The van der Waals surface area contributed by atoms with Crippen LogP contribution < -0.4 is 20.3 Å². The number of carbonyl (C=O) groups excluding carboxylic acids is 2. The molecule has 0 unspecified atom stereocenters. The van der Waals surface area contributed by atoms with Crippen molar-refractivity contribution < 1.29 is 27.5 Å². The molecule has 0 saturated heterocycles. The minimum Gasteiger partial charge on any atom is -0.486 e. The van der Waals surface area contributed by atoms with E-state index in [9.17, 15) is 18.0 Å². The van der Waals surface area contributed by atoms with Crippen molar-refractivity contribution >= 4 is 33.4 Å². The van der Waals surface area contributed by atoms with E-state index in [0.717, 1.165) is 0 Å². The Hall–Kier alpha value is -2.82. The van der Waals surface area contributed by atoms with E-state index >= 15 is 0 Å². The molecule has 3 rings (SSSR count). The number of nitrogens with one attached hydrogen (secondary N) is 2. The van der Waals surface area contributed by atoms with Crippen LogP contribution in [0.2, 0.25) is 5.02 Å². The van der Waals surface area contributed by atoms with E-state index < -0.39 is 21.8 Å². The van der Waals surface area contributed by atoms with E-state index in [1.54, 1.807) is 19.9 Å². The van der Waals surface area contributed by atoms with Gasteiger partial charge in [-0.2, -0.15) is 4.31 Å². The number of hydrogen-bond acceptors (Lipinski definition) is 6. The van der Waals surface area contributed by atoms with Gasteiger partial charge in [-0.25, -0.2) is 8.42 Å². The molecule has 1 heterocycles. The normalized spacial score (nSPS) is 13.0. The van der Waals surface area contributed by atoms with Gasteiger partial charge in [-0.1, -0.05) is 25.4 Å². The number of nitrogens with zero attached hydrogens (tertiary/aromatic N) is 1. The first-order valence-electron chi connectivity index (χ1n) is 9.58. The predicted octanol–water partition coefficient (Wildman–Crippen LogP) is 2.22. The van der Waals surface area contributed by atoms with Crippen molar-refractivity contribution in [1.82, 2.24) is 15.2 Å². The van der Waals surface area contributed by atoms with Gasteiger partial charge in [-0.05, 0) is 36.4 Å². The summed E-state index contributed by atoms with van der Waals surface area (Å²) >= 11 is 6.09. The van der Waals surface area contributed by atoms with Crippen molar-refractivity contribution in [1.29, 1.82) is 0 Å². The summed E-state index contributed by atoms with van der Waals surface area (Å²) in [6.07, 6.45) is 0. The van der Waals surface area contributed by atoms with Gasteiger partial charge in [0.2, 0.25) is 10.0 Å². The molecule has 0 aliphatic carbocycles. The number of sulfonamides is 1. The van der Waals surface area contributed by atoms with Crippen LogP contribution in [-0.4, -0.2) is 50.8 Å². The van der Waals surface area contributed by atoms with Gasteiger partial charge in [0.1, 0.15) is 13.2 Å². The minimum atomic E-state index is -3.78. The van der Waals surface area contributed by atoms with Gasteiger partial charge in [-0.3, -0.25) is 20.4 Å². The third kappa shape index (κ3) is 4.92. The number of halogens is 1. The number of rotatable bonds is 6. The Morgan fingerprint density at radius 1 is 0.968 bits per heavy atom. The summed E-state index contributed by atoms with van der Waals surface area (Å²) in [5.74, 6) is -0.381. The van der Waals surface area contributed by atoms with Crippen LogP contribution in [-0.2, 0) is 10.0 Å². The van der Waals surface area contributed by atoms with E-state index in [1.165, 1.54) is 34.6 Å². The summed E-state index contributed by atoms with van der Waals surface area (Å²) in [4.78, 5) is 24.9. The summed E-state index contributed by atoms with van der Waals surface area (Å²) < 4.78 is 37.5. The molecule has 0 saturated carbocycles. The molecule has 2 aromatic carbocycles. The second kappa shape index (κ2) is 9.54. The fourth-order valence-corrected chi connectivity index (χ4v) is 4.68. The van der Waals surface area contributed by atoms with Gasteiger partial charge in [0.05, 0.1) is 15.5 Å². The van der Waals surface area contributed by atoms with E-state index in [0.29, 0.717) is 24.7 Å². The number of hydrogen-bond donors (Lipinski definition) is 2. The second-order valence-corrected chi connectivity index (χ2v) is 8.84. The van der Waals surface area contributed by atoms with Gasteiger partial charge in [0.15, 0.2) is 11.5 Å². The van der Waals surface area contributed by atoms with Crippen LogP contribution in [0.5, 0.6) is 11.5 Å². The number of ether oxygens (including phenoxy) is 2. The average Bonchev–Trinajstić information content (AvgIpc) is 2.77. The first-order chi connectivity index (χ1) is 14.8. The molecule has 0 aromatic heterocycles. The standard InChI is InChI=1S/C20H22ClN3O6S/c1-3-24(4-2)31(27,28)14-6-7-16(21)15(12-14)20(26)23-22-19(25)13-5-8-17-18(11-13)30-10-9-29-17/h5-8,11-12H,3-4,9-10H2,1-2H3,(H,22,25)(H,23,26). The highest BCUT2D eigenvalue weighted by Crippen LogP contribution is 2.30. The summed E-state index contributed by atoms with van der Waals surface area (Å²) in [6.45, 7) is 4.82. The maximum absolute atomic E-state index is 12.7. The molecule has 166 valence electrons. The van der Waals surface area contributed by atoms with Gasteiger partial charge >= 0.3 is 0 Å². The summed E-state index contributed by atoms with van der Waals surface area (Å²) in [6, 6.07) is 8.47. The zero-order valence-electron chi connectivity index (χ0n) is 17.0. The highest BCUT2D eigenvalue weighted by atomic mass is 35.5. The molecule has 0 fully saturated rings. The molecule has 0 atom stereocenters. The van der Waals surface area contributed by atoms with Gasteiger partial charge in [-0.15, -0.1) is 0 Å². The number of benzene rings is 2. The SMILES string of the molecule is CCN(CC)S(=O)(=O)c1ccc(Cl)c(C(=O)NNC(=O)c2ccc3c(c2)OCCO3)c1. The van der Waals surface area contributed by atoms with Crippen LogP contribution in [0.1, 0.15) is 34.6 Å². The van der Waals surface area contributed by atoms with E-state index in [-0.39, 0.29) is 34.1 Å². The molecule has 0 bridgehead atoms. The lowest BCUT2D eigenvalue weighted by atomic mass is 10.2. The van der Waals surface area contributed by atoms with Gasteiger partial charge in [0.25, 0.3) is 11.8 Å². The number of fused-ring (bicyclic) bond motifs is 1. The molecule has 31 heavy (non-hydrogen) atoms. The quantitative estimate of drug-likeness (QED) is 0.629. The van der Waals surface area contributed by atoms with Crippen LogP contribution in [0.3, 0.4) is 0 Å². The fourth-order valence-electron chi connectivity index (χ4n) is 2.99. The first kappa shape index (κ1) is 22.9. The first-order valence-corrected chi connectivity index (χ1v) is 11.4. The minimum absolute atomic E-state index is 0.0459. The lowest BCUT2D eigenvalue weighted by Gasteiger charge is -2.19. The molecular formula is C20H22ClN3O6S. The monoisotopic (exact) mass is 467 g/mol. The molecule has 2 N–H and O–H groups in total. The molecule has 9 nitrogen and oxygen atoms in total. The highest BCUT2D eigenvalue weighted by Gasteiger charge is 2.24. The fraction of sp³-hybridized carbons (Fsp3) is 0.300. The van der Waals surface area contributed by atoms with Crippen molar-refractivity contribution in [3.63, 3.8) is 0 Å². The predicted molar refractivity (Wildman–Crippen MR) is 114 cm³/mol. The lowest BCUT2D eigenvalue weighted by molar-refractivity contribution is 0.0846. The third-order valence-electron chi connectivity index (χ3n) is 4.62. The Morgan fingerprint density at radius 3 is 2.29 bits per heavy atom. The maximum atomic E-state index is 12.7. The molecule has 1 aliphatic rings. The Bertz CT molecular complexity index is 1100. The van der Waals surface area contributed by atoms with Crippen LogP contribution in [0.15, 0.2) is 41.3 Å². The number of carbonyl (C=O) groups is 2. The van der Waals surface area contributed by atoms with Gasteiger partial charge in [0, 0.05) is 18.7 Å². The van der Waals surface area contributed by atoms with Crippen LogP contribution in [0.25, 0.3) is 0 Å². The largest absolute Gasteiger partial charge is 0.486 e. The van der Waals surface area contributed by atoms with Crippen molar-refractivity contribution in [3.05, 3.63) is 52.5 Å². The zero-order valence-corrected chi connectivity index (χ0v) is 18.5. The summed E-state index contributed by atoms with van der Waals surface area (Å²) in [5.41, 5.74) is 4.69. The van der Waals surface area contributed by atoms with E-state index in [1.807, 2.05) is 0 Å². The molecule has 11 heteroatoms. The Kier molecular flexibility index (Phi) is 7.04. The molecule has 0 radical (unpaired) electrons. The lowest BCUT2D eigenvalue weighted by Crippen LogP contribution is -2.41. The Balaban J connectivity index is 1.74. The number of hydrazine groups is 1.